The van der Waals surface area contributed by atoms with Gasteiger partial charge >= 0.3 is 0 Å². The van der Waals surface area contributed by atoms with Crippen molar-refractivity contribution >= 4 is 11.8 Å². The number of rotatable bonds is 6. The Kier molecular flexibility index (Phi) is 6.74. The molecule has 0 spiro atoms. The predicted molar refractivity (Wildman–Crippen MR) is 99.2 cm³/mol. The summed E-state index contributed by atoms with van der Waals surface area (Å²) in [6.45, 7) is 7.17. The highest BCUT2D eigenvalue weighted by atomic mass is 16.2. The molecule has 2 heterocycles. The van der Waals surface area contributed by atoms with Gasteiger partial charge in [0.25, 0.3) is 0 Å². The lowest BCUT2D eigenvalue weighted by molar-refractivity contribution is -0.130. The van der Waals surface area contributed by atoms with Crippen LogP contribution in [0, 0.1) is 11.8 Å². The second kappa shape index (κ2) is 9.02. The van der Waals surface area contributed by atoms with Crippen molar-refractivity contribution in [3.8, 4) is 0 Å². The van der Waals surface area contributed by atoms with Crippen molar-refractivity contribution in [3.05, 3.63) is 0 Å². The lowest BCUT2D eigenvalue weighted by atomic mass is 9.94. The third kappa shape index (κ3) is 5.19. The fourth-order valence-corrected chi connectivity index (χ4v) is 4.60. The summed E-state index contributed by atoms with van der Waals surface area (Å²) in [4.78, 5) is 29.2. The largest absolute Gasteiger partial charge is 0.356 e. The van der Waals surface area contributed by atoms with E-state index in [2.05, 4.69) is 17.1 Å². The highest BCUT2D eigenvalue weighted by Crippen LogP contribution is 2.28. The number of carbonyl (C=O) groups is 2. The van der Waals surface area contributed by atoms with Crippen LogP contribution in [-0.4, -0.2) is 60.4 Å². The molecule has 5 heteroatoms. The molecule has 1 atom stereocenters. The van der Waals surface area contributed by atoms with E-state index < -0.39 is 0 Å². The summed E-state index contributed by atoms with van der Waals surface area (Å²) in [5, 5.41) is 3.07. The van der Waals surface area contributed by atoms with Crippen LogP contribution in [0.2, 0.25) is 0 Å². The number of nitrogens with one attached hydrogen (secondary N) is 1. The van der Waals surface area contributed by atoms with Gasteiger partial charge in [0.15, 0.2) is 0 Å². The fraction of sp³-hybridized carbons (Fsp3) is 0.900. The summed E-state index contributed by atoms with van der Waals surface area (Å²) in [6.07, 6.45) is 9.99. The molecule has 2 saturated heterocycles. The molecule has 0 radical (unpaired) electrons. The lowest BCUT2D eigenvalue weighted by Crippen LogP contribution is -2.40. The Morgan fingerprint density at radius 1 is 1.12 bits per heavy atom. The van der Waals surface area contributed by atoms with Crippen molar-refractivity contribution in [2.75, 3.05) is 32.7 Å². The molecule has 1 N–H and O–H groups in total. The summed E-state index contributed by atoms with van der Waals surface area (Å²) in [5.41, 5.74) is 0. The Balaban J connectivity index is 1.33. The quantitative estimate of drug-likeness (QED) is 0.749. The molecule has 5 nitrogen and oxygen atoms in total. The zero-order valence-electron chi connectivity index (χ0n) is 15.8. The molecule has 1 saturated carbocycles. The maximum atomic E-state index is 12.4. The number of likely N-dealkylation sites (tertiary alicyclic amines) is 2. The fourth-order valence-electron chi connectivity index (χ4n) is 4.60. The van der Waals surface area contributed by atoms with Gasteiger partial charge in [0.1, 0.15) is 0 Å². The average Bonchev–Trinajstić information content (AvgIpc) is 3.03. The van der Waals surface area contributed by atoms with Crippen molar-refractivity contribution in [3.63, 3.8) is 0 Å². The van der Waals surface area contributed by atoms with Crippen LogP contribution in [0.4, 0.5) is 0 Å². The Bertz CT molecular complexity index is 454. The van der Waals surface area contributed by atoms with E-state index in [0.717, 1.165) is 38.3 Å². The highest BCUT2D eigenvalue weighted by Gasteiger charge is 2.37. The Morgan fingerprint density at radius 2 is 1.84 bits per heavy atom. The van der Waals surface area contributed by atoms with Crippen LogP contribution >= 0.6 is 0 Å². The molecule has 3 aliphatic rings. The summed E-state index contributed by atoms with van der Waals surface area (Å²) < 4.78 is 0. The van der Waals surface area contributed by atoms with Gasteiger partial charge in [-0.05, 0) is 57.7 Å². The first-order valence-electron chi connectivity index (χ1n) is 10.4. The van der Waals surface area contributed by atoms with Crippen LogP contribution in [0.1, 0.15) is 64.7 Å². The average molecular weight is 350 g/mol. The minimum Gasteiger partial charge on any atom is -0.356 e. The molecule has 1 unspecified atom stereocenters. The molecule has 2 amide bonds. The molecule has 0 bridgehead atoms. The van der Waals surface area contributed by atoms with E-state index in [1.165, 1.54) is 45.2 Å². The Morgan fingerprint density at radius 3 is 2.56 bits per heavy atom. The third-order valence-electron chi connectivity index (χ3n) is 6.37. The molecular formula is C20H35N3O2. The van der Waals surface area contributed by atoms with Crippen LogP contribution in [0.25, 0.3) is 0 Å². The van der Waals surface area contributed by atoms with Gasteiger partial charge in [-0.15, -0.1) is 0 Å². The second-order valence-electron chi connectivity index (χ2n) is 8.41. The summed E-state index contributed by atoms with van der Waals surface area (Å²) >= 11 is 0. The molecule has 0 aromatic heterocycles. The van der Waals surface area contributed by atoms with Gasteiger partial charge < -0.3 is 15.1 Å². The van der Waals surface area contributed by atoms with Gasteiger partial charge in [-0.2, -0.15) is 0 Å². The standard InChI is InChI=1S/C20H35N3O2/c1-16-8-12-22(13-9-16)11-5-10-21-20(25)17-14-19(24)23(15-17)18-6-3-2-4-7-18/h16-18H,2-15H2,1H3,(H,21,25). The third-order valence-corrected chi connectivity index (χ3v) is 6.37. The van der Waals surface area contributed by atoms with Crippen molar-refractivity contribution < 1.29 is 9.59 Å². The van der Waals surface area contributed by atoms with Crippen LogP contribution in [0.5, 0.6) is 0 Å². The van der Waals surface area contributed by atoms with Gasteiger partial charge in [0.2, 0.25) is 11.8 Å². The predicted octanol–water partition coefficient (Wildman–Crippen LogP) is 2.41. The van der Waals surface area contributed by atoms with Crippen molar-refractivity contribution in [1.29, 1.82) is 0 Å². The molecule has 142 valence electrons. The monoisotopic (exact) mass is 349 g/mol. The minimum absolute atomic E-state index is 0.0823. The number of carbonyl (C=O) groups excluding carboxylic acids is 2. The van der Waals surface area contributed by atoms with E-state index in [9.17, 15) is 9.59 Å². The van der Waals surface area contributed by atoms with Gasteiger partial charge in [-0.1, -0.05) is 26.2 Å². The Hall–Kier alpha value is -1.10. The van der Waals surface area contributed by atoms with E-state index in [1.807, 2.05) is 4.90 Å². The van der Waals surface area contributed by atoms with Crippen molar-refractivity contribution in [1.82, 2.24) is 15.1 Å². The van der Waals surface area contributed by atoms with Crippen molar-refractivity contribution in [2.24, 2.45) is 11.8 Å². The van der Waals surface area contributed by atoms with Crippen LogP contribution < -0.4 is 5.32 Å². The molecular weight excluding hydrogens is 314 g/mol. The number of nitrogens with zero attached hydrogens (tertiary/aromatic N) is 2. The first kappa shape index (κ1) is 18.7. The van der Waals surface area contributed by atoms with E-state index >= 15 is 0 Å². The van der Waals surface area contributed by atoms with Gasteiger partial charge in [-0.3, -0.25) is 9.59 Å². The molecule has 1 aliphatic carbocycles. The number of piperidine rings is 1. The summed E-state index contributed by atoms with van der Waals surface area (Å²) in [7, 11) is 0. The molecule has 25 heavy (non-hydrogen) atoms. The number of hydrogen-bond donors (Lipinski definition) is 1. The van der Waals surface area contributed by atoms with E-state index in [1.54, 1.807) is 0 Å². The highest BCUT2D eigenvalue weighted by molar-refractivity contribution is 5.89. The van der Waals surface area contributed by atoms with Gasteiger partial charge in [0.05, 0.1) is 5.92 Å². The topological polar surface area (TPSA) is 52.7 Å². The van der Waals surface area contributed by atoms with E-state index in [-0.39, 0.29) is 17.7 Å². The zero-order valence-corrected chi connectivity index (χ0v) is 15.8. The second-order valence-corrected chi connectivity index (χ2v) is 8.41. The zero-order chi connectivity index (χ0) is 17.6. The molecule has 2 aliphatic heterocycles. The van der Waals surface area contributed by atoms with Crippen molar-refractivity contribution in [2.45, 2.75) is 70.8 Å². The maximum Gasteiger partial charge on any atom is 0.225 e. The van der Waals surface area contributed by atoms with Crippen LogP contribution in [-0.2, 0) is 9.59 Å². The number of amides is 2. The van der Waals surface area contributed by atoms with Gasteiger partial charge in [-0.25, -0.2) is 0 Å². The van der Waals surface area contributed by atoms with Gasteiger partial charge in [0, 0.05) is 25.6 Å². The van der Waals surface area contributed by atoms with Crippen LogP contribution in [0.15, 0.2) is 0 Å². The van der Waals surface area contributed by atoms with Crippen LogP contribution in [0.3, 0.4) is 0 Å². The van der Waals surface area contributed by atoms with E-state index in [4.69, 9.17) is 0 Å². The summed E-state index contributed by atoms with van der Waals surface area (Å²) in [6, 6.07) is 0.389. The molecule has 0 aromatic rings. The first-order valence-corrected chi connectivity index (χ1v) is 10.4. The number of hydrogen-bond acceptors (Lipinski definition) is 3. The molecule has 0 aromatic carbocycles. The molecule has 3 rings (SSSR count). The molecule has 3 fully saturated rings. The smallest absolute Gasteiger partial charge is 0.225 e. The van der Waals surface area contributed by atoms with E-state index in [0.29, 0.717) is 19.0 Å². The maximum absolute atomic E-state index is 12.4. The first-order chi connectivity index (χ1) is 12.1. The normalized spacial score (nSPS) is 27.0. The lowest BCUT2D eigenvalue weighted by Gasteiger charge is -2.31. The SMILES string of the molecule is CC1CCN(CCCNC(=O)C2CC(=O)N(C3CCCCC3)C2)CC1. The summed E-state index contributed by atoms with van der Waals surface area (Å²) in [5.74, 6) is 1.00. The Labute approximate surface area is 152 Å². The minimum atomic E-state index is -0.134.